The van der Waals surface area contributed by atoms with Gasteiger partial charge in [0.25, 0.3) is 5.91 Å². The van der Waals surface area contributed by atoms with Gasteiger partial charge in [0.05, 0.1) is 13.3 Å². The van der Waals surface area contributed by atoms with E-state index in [4.69, 9.17) is 14.2 Å². The number of hydrazone groups is 1. The zero-order valence-electron chi connectivity index (χ0n) is 21.3. The van der Waals surface area contributed by atoms with E-state index in [9.17, 15) is 4.79 Å². The van der Waals surface area contributed by atoms with Gasteiger partial charge in [0, 0.05) is 0 Å². The highest BCUT2D eigenvalue weighted by Crippen LogP contribution is 2.29. The Balaban J connectivity index is 1.55. The number of hydrogen-bond donors (Lipinski definition) is 1. The third-order valence-corrected chi connectivity index (χ3v) is 5.62. The van der Waals surface area contributed by atoms with Crippen molar-refractivity contribution in [3.8, 4) is 17.2 Å². The highest BCUT2D eigenvalue weighted by molar-refractivity contribution is 5.84. The second-order valence-corrected chi connectivity index (χ2v) is 9.39. The lowest BCUT2D eigenvalue weighted by atomic mass is 9.87. The Morgan fingerprint density at radius 3 is 2.40 bits per heavy atom. The monoisotopic (exact) mass is 474 g/mol. The third-order valence-electron chi connectivity index (χ3n) is 5.62. The maximum Gasteiger partial charge on any atom is 0.280 e. The molecule has 0 aromatic heterocycles. The van der Waals surface area contributed by atoms with Crippen LogP contribution < -0.4 is 19.6 Å². The summed E-state index contributed by atoms with van der Waals surface area (Å²) in [5.74, 6) is 1.52. The summed E-state index contributed by atoms with van der Waals surface area (Å²) in [6.07, 6.45) is 0.857. The Labute approximate surface area is 207 Å². The van der Waals surface area contributed by atoms with Gasteiger partial charge in [-0.1, -0.05) is 57.2 Å². The van der Waals surface area contributed by atoms with Crippen molar-refractivity contribution in [2.75, 3.05) is 7.11 Å². The van der Waals surface area contributed by atoms with Gasteiger partial charge in [-0.15, -0.1) is 0 Å². The first-order valence-corrected chi connectivity index (χ1v) is 11.6. The molecule has 0 saturated heterocycles. The van der Waals surface area contributed by atoms with Crippen LogP contribution in [0, 0.1) is 6.92 Å². The molecule has 0 saturated carbocycles. The molecule has 6 nitrogen and oxygen atoms in total. The van der Waals surface area contributed by atoms with Crippen molar-refractivity contribution in [2.45, 2.75) is 52.7 Å². The molecule has 1 atom stereocenters. The number of methoxy groups -OCH3 is 1. The van der Waals surface area contributed by atoms with Crippen molar-refractivity contribution in [1.82, 2.24) is 5.43 Å². The lowest BCUT2D eigenvalue weighted by Gasteiger charge is -2.20. The maximum absolute atomic E-state index is 12.4. The second kappa shape index (κ2) is 11.6. The molecule has 3 rings (SSSR count). The van der Waals surface area contributed by atoms with Gasteiger partial charge in [-0.25, -0.2) is 5.43 Å². The number of carbonyl (C=O) groups excluding carboxylic acids is 1. The number of rotatable bonds is 9. The molecule has 0 fully saturated rings. The highest BCUT2D eigenvalue weighted by Gasteiger charge is 2.16. The molecule has 0 heterocycles. The molecular weight excluding hydrogens is 440 g/mol. The molecule has 0 radical (unpaired) electrons. The number of carbonyl (C=O) groups is 1. The predicted molar refractivity (Wildman–Crippen MR) is 139 cm³/mol. The van der Waals surface area contributed by atoms with Crippen LogP contribution >= 0.6 is 0 Å². The van der Waals surface area contributed by atoms with Crippen LogP contribution in [0.1, 0.15) is 49.9 Å². The van der Waals surface area contributed by atoms with Gasteiger partial charge in [0.1, 0.15) is 12.4 Å². The summed E-state index contributed by atoms with van der Waals surface area (Å²) in [6.45, 7) is 10.6. The molecular formula is C29H34N2O4. The molecule has 184 valence electrons. The van der Waals surface area contributed by atoms with E-state index in [1.54, 1.807) is 26.3 Å². The van der Waals surface area contributed by atoms with Gasteiger partial charge in [-0.2, -0.15) is 5.10 Å². The van der Waals surface area contributed by atoms with Gasteiger partial charge in [0.2, 0.25) is 0 Å². The van der Waals surface area contributed by atoms with E-state index in [2.05, 4.69) is 44.3 Å². The van der Waals surface area contributed by atoms with Gasteiger partial charge >= 0.3 is 0 Å². The Morgan fingerprint density at radius 2 is 1.74 bits per heavy atom. The van der Waals surface area contributed by atoms with Crippen molar-refractivity contribution in [3.05, 3.63) is 89.0 Å². The summed E-state index contributed by atoms with van der Waals surface area (Å²) in [5.41, 5.74) is 6.84. The number of hydrogen-bond acceptors (Lipinski definition) is 5. The van der Waals surface area contributed by atoms with E-state index in [0.29, 0.717) is 23.9 Å². The first-order chi connectivity index (χ1) is 16.7. The van der Waals surface area contributed by atoms with Crippen LogP contribution in [0.15, 0.2) is 71.8 Å². The maximum atomic E-state index is 12.4. The van der Waals surface area contributed by atoms with E-state index < -0.39 is 6.10 Å². The topological polar surface area (TPSA) is 69.2 Å². The summed E-state index contributed by atoms with van der Waals surface area (Å²) in [6, 6.07) is 21.4. The summed E-state index contributed by atoms with van der Waals surface area (Å²) in [4.78, 5) is 12.4. The molecule has 0 aliphatic rings. The van der Waals surface area contributed by atoms with Gasteiger partial charge in [-0.05, 0) is 71.8 Å². The fraction of sp³-hybridized carbons (Fsp3) is 0.310. The molecule has 0 bridgehead atoms. The van der Waals surface area contributed by atoms with Gasteiger partial charge < -0.3 is 14.2 Å². The summed E-state index contributed by atoms with van der Waals surface area (Å²) < 4.78 is 17.2. The fourth-order valence-electron chi connectivity index (χ4n) is 3.36. The number of amides is 1. The van der Waals surface area contributed by atoms with Gasteiger partial charge in [0.15, 0.2) is 17.6 Å². The number of ether oxygens (including phenoxy) is 3. The first-order valence-electron chi connectivity index (χ1n) is 11.6. The molecule has 0 aliphatic heterocycles. The normalized spacial score (nSPS) is 12.3. The van der Waals surface area contributed by atoms with Crippen LogP contribution in [0.25, 0.3) is 0 Å². The average molecular weight is 475 g/mol. The van der Waals surface area contributed by atoms with Crippen LogP contribution in [0.2, 0.25) is 0 Å². The standard InChI is InChI=1S/C29H34N2O4/c1-20-9-7-8-10-23(20)19-34-26-16-11-22(17-27(26)33-6)18-30-31-28(32)21(2)35-25-14-12-24(13-15-25)29(3,4)5/h7-18,21H,19H2,1-6H3,(H,31,32)/b30-18+. The first kappa shape index (κ1) is 25.8. The molecule has 6 heteroatoms. The lowest BCUT2D eigenvalue weighted by molar-refractivity contribution is -0.127. The Hall–Kier alpha value is -3.80. The molecule has 35 heavy (non-hydrogen) atoms. The minimum Gasteiger partial charge on any atom is -0.493 e. The van der Waals surface area contributed by atoms with Crippen LogP contribution in [0.3, 0.4) is 0 Å². The molecule has 0 aliphatic carbocycles. The summed E-state index contributed by atoms with van der Waals surface area (Å²) in [7, 11) is 1.59. The molecule has 1 unspecified atom stereocenters. The number of aryl methyl sites for hydroxylation is 1. The number of benzene rings is 3. The van der Waals surface area contributed by atoms with Crippen molar-refractivity contribution >= 4 is 12.1 Å². The van der Waals surface area contributed by atoms with E-state index in [-0.39, 0.29) is 11.3 Å². The van der Waals surface area contributed by atoms with Crippen LogP contribution in [-0.4, -0.2) is 25.3 Å². The minimum absolute atomic E-state index is 0.0597. The largest absolute Gasteiger partial charge is 0.493 e. The predicted octanol–water partition coefficient (Wildman–Crippen LogP) is 5.80. The molecule has 1 amide bonds. The highest BCUT2D eigenvalue weighted by atomic mass is 16.5. The Kier molecular flexibility index (Phi) is 8.53. The third kappa shape index (κ3) is 7.34. The number of nitrogens with zero attached hydrogens (tertiary/aromatic N) is 1. The Morgan fingerprint density at radius 1 is 1.03 bits per heavy atom. The summed E-state index contributed by atoms with van der Waals surface area (Å²) in [5, 5.41) is 4.06. The molecule has 0 spiro atoms. The lowest BCUT2D eigenvalue weighted by Crippen LogP contribution is -2.33. The van der Waals surface area contributed by atoms with Crippen LogP contribution in [0.4, 0.5) is 0 Å². The van der Waals surface area contributed by atoms with Crippen LogP contribution in [0.5, 0.6) is 17.2 Å². The second-order valence-electron chi connectivity index (χ2n) is 9.39. The summed E-state index contributed by atoms with van der Waals surface area (Å²) >= 11 is 0. The zero-order valence-corrected chi connectivity index (χ0v) is 21.3. The van der Waals surface area contributed by atoms with Crippen molar-refractivity contribution < 1.29 is 19.0 Å². The van der Waals surface area contributed by atoms with E-state index in [0.717, 1.165) is 11.1 Å². The van der Waals surface area contributed by atoms with Gasteiger partial charge in [-0.3, -0.25) is 4.79 Å². The molecule has 3 aromatic rings. The Bertz CT molecular complexity index is 1160. The smallest absolute Gasteiger partial charge is 0.280 e. The van der Waals surface area contributed by atoms with E-state index in [1.807, 2.05) is 54.6 Å². The fourth-order valence-corrected chi connectivity index (χ4v) is 3.36. The van der Waals surface area contributed by atoms with E-state index in [1.165, 1.54) is 11.1 Å². The number of nitrogens with one attached hydrogen (secondary N) is 1. The average Bonchev–Trinajstić information content (AvgIpc) is 2.83. The SMILES string of the molecule is COc1cc(/C=N/NC(=O)C(C)Oc2ccc(C(C)(C)C)cc2)ccc1OCc1ccccc1C. The van der Waals surface area contributed by atoms with Crippen molar-refractivity contribution in [1.29, 1.82) is 0 Å². The van der Waals surface area contributed by atoms with Crippen molar-refractivity contribution in [2.24, 2.45) is 5.10 Å². The minimum atomic E-state index is -0.695. The van der Waals surface area contributed by atoms with Crippen LogP contribution in [-0.2, 0) is 16.8 Å². The molecule has 1 N–H and O–H groups in total. The van der Waals surface area contributed by atoms with E-state index >= 15 is 0 Å². The molecule has 3 aromatic carbocycles. The zero-order chi connectivity index (χ0) is 25.4. The quantitative estimate of drug-likeness (QED) is 0.314. The van der Waals surface area contributed by atoms with Crippen molar-refractivity contribution in [3.63, 3.8) is 0 Å².